The molecule has 0 aliphatic carbocycles. The third-order valence-corrected chi connectivity index (χ3v) is 4.10. The van der Waals surface area contributed by atoms with E-state index >= 15 is 0 Å². The second-order valence-electron chi connectivity index (χ2n) is 4.87. The van der Waals surface area contributed by atoms with Crippen LogP contribution in [-0.2, 0) is 16.0 Å². The van der Waals surface area contributed by atoms with Gasteiger partial charge in [-0.25, -0.2) is 0 Å². The van der Waals surface area contributed by atoms with Gasteiger partial charge in [0, 0.05) is 6.54 Å². The molecule has 0 aliphatic rings. The fourth-order valence-corrected chi connectivity index (χ4v) is 2.43. The summed E-state index contributed by atoms with van der Waals surface area (Å²) in [4.78, 5) is 23.7. The first-order valence-corrected chi connectivity index (χ1v) is 7.93. The summed E-state index contributed by atoms with van der Waals surface area (Å²) in [6.45, 7) is 0.301. The summed E-state index contributed by atoms with van der Waals surface area (Å²) in [6, 6.07) is 12.3. The summed E-state index contributed by atoms with van der Waals surface area (Å²) in [5.41, 5.74) is 1.23. The van der Waals surface area contributed by atoms with Crippen molar-refractivity contribution < 1.29 is 14.3 Å². The molecule has 0 saturated heterocycles. The lowest BCUT2D eigenvalue weighted by Gasteiger charge is -2.10. The Morgan fingerprint density at radius 1 is 1.04 bits per heavy atom. The number of nitrogens with one attached hydrogen (secondary N) is 2. The molecule has 0 fully saturated rings. The molecule has 7 heteroatoms. The Morgan fingerprint density at radius 3 is 2.54 bits per heavy atom. The van der Waals surface area contributed by atoms with Crippen molar-refractivity contribution in [1.29, 1.82) is 0 Å². The number of benzene rings is 2. The summed E-state index contributed by atoms with van der Waals surface area (Å²) in [7, 11) is 1.58. The van der Waals surface area contributed by atoms with Crippen molar-refractivity contribution in [3.05, 3.63) is 58.1 Å². The van der Waals surface area contributed by atoms with Crippen molar-refractivity contribution in [3.63, 3.8) is 0 Å². The lowest BCUT2D eigenvalue weighted by atomic mass is 10.1. The fourth-order valence-electron chi connectivity index (χ4n) is 2.08. The van der Waals surface area contributed by atoms with Crippen molar-refractivity contribution in [2.75, 3.05) is 19.0 Å². The minimum Gasteiger partial charge on any atom is -0.496 e. The molecule has 0 heterocycles. The molecule has 2 aromatic carbocycles. The highest BCUT2D eigenvalue weighted by Gasteiger charge is 2.15. The van der Waals surface area contributed by atoms with Gasteiger partial charge in [-0.1, -0.05) is 47.5 Å². The average molecular weight is 367 g/mol. The predicted molar refractivity (Wildman–Crippen MR) is 94.8 cm³/mol. The number of hydrogen-bond acceptors (Lipinski definition) is 3. The van der Waals surface area contributed by atoms with E-state index < -0.39 is 11.8 Å². The molecule has 2 rings (SSSR count). The number of carbonyl (C=O) groups excluding carboxylic acids is 2. The van der Waals surface area contributed by atoms with Crippen molar-refractivity contribution in [2.45, 2.75) is 6.42 Å². The van der Waals surface area contributed by atoms with Gasteiger partial charge in [0.2, 0.25) is 0 Å². The van der Waals surface area contributed by atoms with Gasteiger partial charge in [-0.2, -0.15) is 0 Å². The zero-order chi connectivity index (χ0) is 17.5. The Bertz CT molecular complexity index is 750. The molecule has 0 aliphatic heterocycles. The van der Waals surface area contributed by atoms with E-state index in [1.807, 2.05) is 24.3 Å². The maximum atomic E-state index is 11.9. The molecule has 2 amide bonds. The highest BCUT2D eigenvalue weighted by Crippen LogP contribution is 2.29. The quantitative estimate of drug-likeness (QED) is 0.797. The third kappa shape index (κ3) is 4.63. The second-order valence-corrected chi connectivity index (χ2v) is 5.66. The smallest absolute Gasteiger partial charge is 0.313 e. The Labute approximate surface area is 149 Å². The summed E-state index contributed by atoms with van der Waals surface area (Å²) in [5, 5.41) is 5.47. The zero-order valence-electron chi connectivity index (χ0n) is 12.9. The van der Waals surface area contributed by atoms with Gasteiger partial charge in [-0.3, -0.25) is 9.59 Å². The van der Waals surface area contributed by atoms with Crippen molar-refractivity contribution in [2.24, 2.45) is 0 Å². The highest BCUT2D eigenvalue weighted by molar-refractivity contribution is 6.45. The standard InChI is InChI=1S/C17H16Cl2N2O3/c1-24-14-8-3-2-5-11(14)9-10-20-16(22)17(23)21-13-7-4-6-12(18)15(13)19/h2-8H,9-10H2,1H3,(H,20,22)(H,21,23). The van der Waals surface area contributed by atoms with Crippen LogP contribution in [0.5, 0.6) is 5.75 Å². The van der Waals surface area contributed by atoms with Crippen molar-refractivity contribution in [3.8, 4) is 5.75 Å². The Hall–Kier alpha value is -2.24. The first-order valence-electron chi connectivity index (χ1n) is 7.18. The van der Waals surface area contributed by atoms with Gasteiger partial charge in [0.1, 0.15) is 5.75 Å². The summed E-state index contributed by atoms with van der Waals surface area (Å²) < 4.78 is 5.23. The van der Waals surface area contributed by atoms with Crippen molar-refractivity contribution in [1.82, 2.24) is 5.32 Å². The van der Waals surface area contributed by atoms with Gasteiger partial charge in [0.15, 0.2) is 0 Å². The first kappa shape index (κ1) is 18.1. The molecule has 5 nitrogen and oxygen atoms in total. The molecule has 0 aromatic heterocycles. The molecule has 0 unspecified atom stereocenters. The highest BCUT2D eigenvalue weighted by atomic mass is 35.5. The Balaban J connectivity index is 1.88. The largest absolute Gasteiger partial charge is 0.496 e. The minimum absolute atomic E-state index is 0.189. The molecule has 2 N–H and O–H groups in total. The third-order valence-electron chi connectivity index (χ3n) is 3.28. The molecule has 0 saturated carbocycles. The minimum atomic E-state index is -0.806. The Morgan fingerprint density at radius 2 is 1.79 bits per heavy atom. The number of hydrogen-bond donors (Lipinski definition) is 2. The lowest BCUT2D eigenvalue weighted by molar-refractivity contribution is -0.136. The number of methoxy groups -OCH3 is 1. The normalized spacial score (nSPS) is 10.1. The van der Waals surface area contributed by atoms with Crippen LogP contribution in [0, 0.1) is 0 Å². The van der Waals surface area contributed by atoms with E-state index in [4.69, 9.17) is 27.9 Å². The number of carbonyl (C=O) groups is 2. The van der Waals surface area contributed by atoms with Crippen molar-refractivity contribution >= 4 is 40.7 Å². The van der Waals surface area contributed by atoms with Gasteiger partial charge in [0.25, 0.3) is 0 Å². The maximum absolute atomic E-state index is 11.9. The van der Waals surface area contributed by atoms with Crippen LogP contribution in [0.15, 0.2) is 42.5 Å². The molecule has 24 heavy (non-hydrogen) atoms. The molecule has 0 bridgehead atoms. The molecular weight excluding hydrogens is 351 g/mol. The predicted octanol–water partition coefficient (Wildman–Crippen LogP) is 3.30. The lowest BCUT2D eigenvalue weighted by Crippen LogP contribution is -2.36. The monoisotopic (exact) mass is 366 g/mol. The van der Waals surface area contributed by atoms with Crippen LogP contribution >= 0.6 is 23.2 Å². The van der Waals surface area contributed by atoms with Crippen LogP contribution in [0.3, 0.4) is 0 Å². The van der Waals surface area contributed by atoms with E-state index in [2.05, 4.69) is 10.6 Å². The summed E-state index contributed by atoms with van der Waals surface area (Å²) in [5.74, 6) is -0.818. The van der Waals surface area contributed by atoms with Crippen LogP contribution in [0.4, 0.5) is 5.69 Å². The molecular formula is C17H16Cl2N2O3. The number of amides is 2. The average Bonchev–Trinajstić information content (AvgIpc) is 2.59. The van der Waals surface area contributed by atoms with Crippen LogP contribution in [0.1, 0.15) is 5.56 Å². The second kappa shape index (κ2) is 8.57. The van der Waals surface area contributed by atoms with E-state index in [-0.39, 0.29) is 10.7 Å². The van der Waals surface area contributed by atoms with Crippen LogP contribution < -0.4 is 15.4 Å². The van der Waals surface area contributed by atoms with E-state index in [1.165, 1.54) is 0 Å². The molecule has 126 valence electrons. The van der Waals surface area contributed by atoms with E-state index in [9.17, 15) is 9.59 Å². The maximum Gasteiger partial charge on any atom is 0.313 e. The number of rotatable bonds is 5. The SMILES string of the molecule is COc1ccccc1CCNC(=O)C(=O)Nc1cccc(Cl)c1Cl. The van der Waals surface area contributed by atoms with Gasteiger partial charge in [-0.05, 0) is 30.2 Å². The number of ether oxygens (including phenoxy) is 1. The van der Waals surface area contributed by atoms with Crippen LogP contribution in [0.2, 0.25) is 10.0 Å². The molecule has 0 spiro atoms. The molecule has 0 radical (unpaired) electrons. The molecule has 2 aromatic rings. The van der Waals surface area contributed by atoms with Crippen LogP contribution in [0.25, 0.3) is 0 Å². The first-order chi connectivity index (χ1) is 11.5. The van der Waals surface area contributed by atoms with Crippen LogP contribution in [-0.4, -0.2) is 25.5 Å². The van der Waals surface area contributed by atoms with Gasteiger partial charge < -0.3 is 15.4 Å². The fraction of sp³-hybridized carbons (Fsp3) is 0.176. The van der Waals surface area contributed by atoms with E-state index in [0.29, 0.717) is 18.0 Å². The van der Waals surface area contributed by atoms with Gasteiger partial charge in [0.05, 0.1) is 22.8 Å². The van der Waals surface area contributed by atoms with E-state index in [0.717, 1.165) is 11.3 Å². The molecule has 0 atom stereocenters. The summed E-state index contributed by atoms with van der Waals surface area (Å²) >= 11 is 11.8. The Kier molecular flexibility index (Phi) is 6.46. The van der Waals surface area contributed by atoms with Gasteiger partial charge in [-0.15, -0.1) is 0 Å². The zero-order valence-corrected chi connectivity index (χ0v) is 14.4. The number of anilines is 1. The number of para-hydroxylation sites is 1. The van der Waals surface area contributed by atoms with E-state index in [1.54, 1.807) is 25.3 Å². The number of halogens is 2. The van der Waals surface area contributed by atoms with Gasteiger partial charge >= 0.3 is 11.8 Å². The topological polar surface area (TPSA) is 67.4 Å². The summed E-state index contributed by atoms with van der Waals surface area (Å²) in [6.07, 6.45) is 0.543.